The Bertz CT molecular complexity index is 1810. The fraction of sp³-hybridized carbons (Fsp3) is 0.353. The molecule has 3 aromatic carbocycles. The van der Waals surface area contributed by atoms with Gasteiger partial charge in [-0.25, -0.2) is 4.79 Å². The molecule has 0 saturated carbocycles. The number of hydrogen-bond donors (Lipinski definition) is 1. The zero-order valence-electron chi connectivity index (χ0n) is 25.8. The number of aromatic nitrogens is 1. The maximum atomic E-state index is 13.6. The van der Waals surface area contributed by atoms with Gasteiger partial charge in [0.25, 0.3) is 5.91 Å². The first-order valence-electron chi connectivity index (χ1n) is 15.3. The Hall–Kier alpha value is -5.10. The van der Waals surface area contributed by atoms with Crippen LogP contribution in [0, 0.1) is 0 Å². The Morgan fingerprint density at radius 1 is 1.04 bits per heavy atom. The van der Waals surface area contributed by atoms with Crippen LogP contribution in [0.3, 0.4) is 0 Å². The minimum Gasteiger partial charge on any atom is -0.493 e. The summed E-state index contributed by atoms with van der Waals surface area (Å²) in [5, 5.41) is 3.07. The van der Waals surface area contributed by atoms with Gasteiger partial charge in [-0.15, -0.1) is 0 Å². The van der Waals surface area contributed by atoms with Crippen LogP contribution in [0.25, 0.3) is 11.1 Å². The molecule has 12 nitrogen and oxygen atoms in total. The van der Waals surface area contributed by atoms with E-state index < -0.39 is 17.9 Å². The standard InChI is InChI=1S/C34H36N4O8/c1-3-14-37-19-31(39)35-25-13-15-36(32(40)20-38-26-9-4-5-10-27(26)46-34(38)42)18-30(25)44-21-22-7-6-8-24(16-22)45-29-17-23(33(37)41)11-12-28(29)43-2/h4-12,16-17,25,30H,3,13-15,18-21H2,1-2H3,(H,35,39)/t25-,30-/m0/s1. The number of amides is 3. The van der Waals surface area contributed by atoms with Crippen LogP contribution in [0.15, 0.2) is 75.9 Å². The molecule has 6 rings (SSSR count). The summed E-state index contributed by atoms with van der Waals surface area (Å²) in [6, 6.07) is 18.9. The molecular weight excluding hydrogens is 592 g/mol. The highest BCUT2D eigenvalue weighted by Crippen LogP contribution is 2.33. The lowest BCUT2D eigenvalue weighted by molar-refractivity contribution is -0.138. The molecule has 4 bridgehead atoms. The van der Waals surface area contributed by atoms with Crippen molar-refractivity contribution in [1.29, 1.82) is 0 Å². The van der Waals surface area contributed by atoms with E-state index in [-0.39, 0.29) is 44.0 Å². The van der Waals surface area contributed by atoms with Gasteiger partial charge in [-0.1, -0.05) is 31.2 Å². The third-order valence-electron chi connectivity index (χ3n) is 8.24. The number of piperidine rings is 1. The molecule has 1 aromatic heterocycles. The van der Waals surface area contributed by atoms with Crippen molar-refractivity contribution in [2.75, 3.05) is 33.3 Å². The van der Waals surface area contributed by atoms with Crippen LogP contribution in [0.2, 0.25) is 0 Å². The molecule has 0 spiro atoms. The second kappa shape index (κ2) is 13.5. The molecule has 2 aliphatic heterocycles. The van der Waals surface area contributed by atoms with Crippen molar-refractivity contribution < 1.29 is 33.0 Å². The predicted molar refractivity (Wildman–Crippen MR) is 168 cm³/mol. The molecule has 2 aliphatic rings. The molecule has 12 heteroatoms. The van der Waals surface area contributed by atoms with E-state index in [9.17, 15) is 19.2 Å². The van der Waals surface area contributed by atoms with Crippen molar-refractivity contribution >= 4 is 28.8 Å². The first kappa shape index (κ1) is 30.9. The molecule has 0 aliphatic carbocycles. The normalized spacial score (nSPS) is 18.9. The van der Waals surface area contributed by atoms with Gasteiger partial charge in [-0.2, -0.15) is 0 Å². The smallest absolute Gasteiger partial charge is 0.420 e. The highest BCUT2D eigenvalue weighted by atomic mass is 16.5. The van der Waals surface area contributed by atoms with Crippen molar-refractivity contribution in [2.45, 2.75) is 45.1 Å². The van der Waals surface area contributed by atoms with Crippen molar-refractivity contribution in [3.05, 3.63) is 88.4 Å². The summed E-state index contributed by atoms with van der Waals surface area (Å²) in [6.07, 6.45) is 0.530. The quantitative estimate of drug-likeness (QED) is 0.355. The average molecular weight is 629 g/mol. The van der Waals surface area contributed by atoms with E-state index in [0.29, 0.717) is 59.8 Å². The molecule has 1 N–H and O–H groups in total. The Morgan fingerprint density at radius 3 is 2.72 bits per heavy atom. The van der Waals surface area contributed by atoms with Gasteiger partial charge in [0.15, 0.2) is 17.1 Å². The lowest BCUT2D eigenvalue weighted by atomic mass is 10.0. The molecule has 0 unspecified atom stereocenters. The number of para-hydroxylation sites is 2. The van der Waals surface area contributed by atoms with Gasteiger partial charge >= 0.3 is 5.76 Å². The van der Waals surface area contributed by atoms with Crippen LogP contribution in [-0.4, -0.2) is 77.5 Å². The van der Waals surface area contributed by atoms with E-state index in [2.05, 4.69) is 5.32 Å². The molecule has 0 radical (unpaired) electrons. The molecule has 240 valence electrons. The first-order chi connectivity index (χ1) is 22.3. The number of oxazole rings is 1. The summed E-state index contributed by atoms with van der Waals surface area (Å²) >= 11 is 0. The van der Waals surface area contributed by atoms with Crippen LogP contribution >= 0.6 is 0 Å². The molecule has 1 saturated heterocycles. The largest absolute Gasteiger partial charge is 0.493 e. The monoisotopic (exact) mass is 628 g/mol. The summed E-state index contributed by atoms with van der Waals surface area (Å²) in [6.45, 7) is 2.74. The average Bonchev–Trinajstić information content (AvgIpc) is 3.37. The number of nitrogens with zero attached hydrogens (tertiary/aromatic N) is 3. The van der Waals surface area contributed by atoms with Crippen LogP contribution < -0.4 is 20.5 Å². The number of nitrogens with one attached hydrogen (secondary N) is 1. The Balaban J connectivity index is 1.27. The van der Waals surface area contributed by atoms with Gasteiger partial charge in [-0.05, 0) is 60.9 Å². The van der Waals surface area contributed by atoms with E-state index in [1.54, 1.807) is 53.4 Å². The van der Waals surface area contributed by atoms with Crippen LogP contribution in [0.4, 0.5) is 0 Å². The number of rotatable bonds is 5. The fourth-order valence-electron chi connectivity index (χ4n) is 5.93. The number of benzene rings is 3. The van der Waals surface area contributed by atoms with Gasteiger partial charge in [0.2, 0.25) is 11.8 Å². The van der Waals surface area contributed by atoms with Crippen molar-refractivity contribution in [1.82, 2.24) is 19.7 Å². The van der Waals surface area contributed by atoms with Gasteiger partial charge in [0.05, 0.1) is 37.9 Å². The van der Waals surface area contributed by atoms with E-state index in [1.165, 1.54) is 16.6 Å². The minimum absolute atomic E-state index is 0.143. The molecule has 3 amide bonds. The third kappa shape index (κ3) is 6.62. The summed E-state index contributed by atoms with van der Waals surface area (Å²) in [5.74, 6) is -0.139. The Labute approximate surface area is 265 Å². The first-order valence-corrected chi connectivity index (χ1v) is 15.3. The van der Waals surface area contributed by atoms with E-state index in [1.807, 2.05) is 25.1 Å². The maximum Gasteiger partial charge on any atom is 0.420 e. The molecule has 3 heterocycles. The third-order valence-corrected chi connectivity index (χ3v) is 8.24. The van der Waals surface area contributed by atoms with Gasteiger partial charge in [-0.3, -0.25) is 19.0 Å². The lowest BCUT2D eigenvalue weighted by Gasteiger charge is -2.39. The van der Waals surface area contributed by atoms with Crippen LogP contribution in [0.5, 0.6) is 17.2 Å². The van der Waals surface area contributed by atoms with E-state index in [4.69, 9.17) is 18.6 Å². The molecule has 1 fully saturated rings. The number of ether oxygens (including phenoxy) is 3. The number of fused-ring (bicyclic) bond motifs is 6. The van der Waals surface area contributed by atoms with Crippen LogP contribution in [0.1, 0.15) is 35.7 Å². The van der Waals surface area contributed by atoms with E-state index in [0.717, 1.165) is 5.56 Å². The second-order valence-electron chi connectivity index (χ2n) is 11.4. The van der Waals surface area contributed by atoms with Crippen molar-refractivity contribution in [2.24, 2.45) is 0 Å². The number of methoxy groups -OCH3 is 1. The Morgan fingerprint density at radius 2 is 1.89 bits per heavy atom. The molecule has 2 atom stereocenters. The van der Waals surface area contributed by atoms with Crippen LogP contribution in [-0.2, 0) is 27.5 Å². The van der Waals surface area contributed by atoms with Gasteiger partial charge in [0.1, 0.15) is 12.3 Å². The number of hydrogen-bond acceptors (Lipinski definition) is 8. The zero-order valence-corrected chi connectivity index (χ0v) is 25.8. The highest BCUT2D eigenvalue weighted by Gasteiger charge is 2.34. The molecular formula is C34H36N4O8. The summed E-state index contributed by atoms with van der Waals surface area (Å²) < 4.78 is 24.6. The molecule has 4 aromatic rings. The number of likely N-dealkylation sites (tertiary alicyclic amines) is 1. The van der Waals surface area contributed by atoms with E-state index >= 15 is 0 Å². The van der Waals surface area contributed by atoms with Crippen molar-refractivity contribution in [3.63, 3.8) is 0 Å². The zero-order chi connectivity index (χ0) is 32.2. The number of carbonyl (C=O) groups is 3. The summed E-state index contributed by atoms with van der Waals surface area (Å²) in [5.41, 5.74) is 2.14. The van der Waals surface area contributed by atoms with Gasteiger partial charge in [0, 0.05) is 25.2 Å². The summed E-state index contributed by atoms with van der Waals surface area (Å²) in [4.78, 5) is 56.1. The maximum absolute atomic E-state index is 13.6. The van der Waals surface area contributed by atoms with Gasteiger partial charge < -0.3 is 33.7 Å². The fourth-order valence-corrected chi connectivity index (χ4v) is 5.93. The number of carbonyl (C=O) groups excluding carboxylic acids is 3. The Kier molecular flexibility index (Phi) is 9.06. The SMILES string of the molecule is CCCN1CC(=O)N[C@H]2CCN(C(=O)Cn3c(=O)oc4ccccc43)C[C@@H]2OCc2cccc(c2)Oc2cc(ccc2OC)C1=O. The molecule has 46 heavy (non-hydrogen) atoms. The highest BCUT2D eigenvalue weighted by molar-refractivity contribution is 5.97. The predicted octanol–water partition coefficient (Wildman–Crippen LogP) is 3.56. The summed E-state index contributed by atoms with van der Waals surface area (Å²) in [7, 11) is 1.53. The minimum atomic E-state index is -0.602. The topological polar surface area (TPSA) is 133 Å². The second-order valence-corrected chi connectivity index (χ2v) is 11.4. The van der Waals surface area contributed by atoms with Crippen molar-refractivity contribution in [3.8, 4) is 17.2 Å². The lowest BCUT2D eigenvalue weighted by Crippen LogP contribution is -2.58.